The van der Waals surface area contributed by atoms with E-state index in [1.165, 1.54) is 0 Å². The summed E-state index contributed by atoms with van der Waals surface area (Å²) in [5.41, 5.74) is 1.48. The molecule has 0 N–H and O–H groups in total. The van der Waals surface area contributed by atoms with Crippen molar-refractivity contribution in [1.29, 1.82) is 0 Å². The molecule has 1 amide bonds. The fourth-order valence-corrected chi connectivity index (χ4v) is 3.56. The van der Waals surface area contributed by atoms with Crippen molar-refractivity contribution in [3.63, 3.8) is 0 Å². The number of piperazine rings is 1. The predicted molar refractivity (Wildman–Crippen MR) is 117 cm³/mol. The Morgan fingerprint density at radius 2 is 1.84 bits per heavy atom. The van der Waals surface area contributed by atoms with Gasteiger partial charge in [0.2, 0.25) is 5.89 Å². The van der Waals surface area contributed by atoms with Gasteiger partial charge in [0, 0.05) is 43.9 Å². The predicted octanol–water partition coefficient (Wildman–Crippen LogP) is 3.62. The molecule has 1 saturated heterocycles. The molecule has 1 fully saturated rings. The Hall–Kier alpha value is -3.42. The fourth-order valence-electron chi connectivity index (χ4n) is 3.56. The van der Waals surface area contributed by atoms with E-state index < -0.39 is 0 Å². The van der Waals surface area contributed by atoms with Crippen LogP contribution in [0.4, 0.5) is 5.82 Å². The number of rotatable bonds is 6. The Labute approximate surface area is 181 Å². The van der Waals surface area contributed by atoms with E-state index in [0.29, 0.717) is 50.1 Å². The number of amides is 1. The Bertz CT molecular complexity index is 1020. The van der Waals surface area contributed by atoms with Crippen LogP contribution in [0.1, 0.15) is 42.9 Å². The van der Waals surface area contributed by atoms with E-state index in [-0.39, 0.29) is 11.8 Å². The average Bonchev–Trinajstić information content (AvgIpc) is 3.30. The molecule has 0 bridgehead atoms. The van der Waals surface area contributed by atoms with Crippen molar-refractivity contribution in [3.8, 4) is 17.2 Å². The van der Waals surface area contributed by atoms with E-state index >= 15 is 0 Å². The number of carbonyl (C=O) groups is 1. The third kappa shape index (κ3) is 4.52. The highest BCUT2D eigenvalue weighted by Gasteiger charge is 2.26. The van der Waals surface area contributed by atoms with Gasteiger partial charge < -0.3 is 19.0 Å². The molecule has 2 aromatic heterocycles. The van der Waals surface area contributed by atoms with Gasteiger partial charge in [0.25, 0.3) is 11.8 Å². The van der Waals surface area contributed by atoms with Crippen LogP contribution >= 0.6 is 0 Å². The normalized spacial score (nSPS) is 14.2. The maximum absolute atomic E-state index is 12.9. The van der Waals surface area contributed by atoms with Gasteiger partial charge in [-0.2, -0.15) is 0 Å². The Morgan fingerprint density at radius 1 is 1.10 bits per heavy atom. The molecule has 1 aliphatic heterocycles. The summed E-state index contributed by atoms with van der Waals surface area (Å²) in [6.45, 7) is 9.16. The lowest BCUT2D eigenvalue weighted by Crippen LogP contribution is -2.49. The summed E-state index contributed by atoms with van der Waals surface area (Å²) in [6, 6.07) is 11.1. The van der Waals surface area contributed by atoms with Gasteiger partial charge in [-0.25, -0.2) is 4.98 Å². The molecule has 0 unspecified atom stereocenters. The van der Waals surface area contributed by atoms with Crippen LogP contribution in [0, 0.1) is 0 Å². The van der Waals surface area contributed by atoms with Crippen molar-refractivity contribution in [2.45, 2.75) is 26.7 Å². The fraction of sp³-hybridized carbons (Fsp3) is 0.391. The van der Waals surface area contributed by atoms with Crippen molar-refractivity contribution in [2.24, 2.45) is 0 Å². The number of hydrogen-bond donors (Lipinski definition) is 0. The first-order valence-corrected chi connectivity index (χ1v) is 10.6. The van der Waals surface area contributed by atoms with Crippen molar-refractivity contribution >= 4 is 11.7 Å². The second-order valence-electron chi connectivity index (χ2n) is 7.71. The van der Waals surface area contributed by atoms with Crippen LogP contribution in [0.2, 0.25) is 0 Å². The maximum atomic E-state index is 12.9. The maximum Gasteiger partial charge on any atom is 0.253 e. The number of hydrogen-bond acceptors (Lipinski definition) is 7. The molecule has 0 spiro atoms. The number of aromatic nitrogens is 3. The van der Waals surface area contributed by atoms with Gasteiger partial charge in [0.15, 0.2) is 0 Å². The van der Waals surface area contributed by atoms with Crippen molar-refractivity contribution < 1.29 is 13.9 Å². The Morgan fingerprint density at radius 3 is 2.48 bits per heavy atom. The molecule has 8 nitrogen and oxygen atoms in total. The van der Waals surface area contributed by atoms with E-state index in [2.05, 4.69) is 20.1 Å². The molecular formula is C23H27N5O3. The van der Waals surface area contributed by atoms with Crippen molar-refractivity contribution in [3.05, 3.63) is 54.0 Å². The third-order valence-electron chi connectivity index (χ3n) is 5.23. The van der Waals surface area contributed by atoms with Gasteiger partial charge in [0.1, 0.15) is 11.6 Å². The standard InChI is InChI=1S/C23H27N5O3/c1-4-30-18-9-7-17(8-10-18)23(29)28-14-12-27(13-15-28)20-19(6-5-11-24-20)22-26-25-21(31-22)16(2)3/h5-11,16H,4,12-15H2,1-3H3. The first kappa shape index (κ1) is 20.8. The lowest BCUT2D eigenvalue weighted by atomic mass is 10.1. The molecule has 31 heavy (non-hydrogen) atoms. The van der Waals surface area contributed by atoms with Crippen molar-refractivity contribution in [2.75, 3.05) is 37.7 Å². The minimum Gasteiger partial charge on any atom is -0.494 e. The summed E-state index contributed by atoms with van der Waals surface area (Å²) < 4.78 is 11.3. The van der Waals surface area contributed by atoms with E-state index in [9.17, 15) is 4.79 Å². The van der Waals surface area contributed by atoms with E-state index in [0.717, 1.165) is 17.1 Å². The van der Waals surface area contributed by atoms with Gasteiger partial charge in [-0.3, -0.25) is 4.79 Å². The molecular weight excluding hydrogens is 394 g/mol. The highest BCUT2D eigenvalue weighted by Crippen LogP contribution is 2.30. The van der Waals surface area contributed by atoms with Gasteiger partial charge in [-0.15, -0.1) is 10.2 Å². The zero-order valence-electron chi connectivity index (χ0n) is 18.1. The number of carbonyl (C=O) groups excluding carboxylic acids is 1. The largest absolute Gasteiger partial charge is 0.494 e. The molecule has 1 aliphatic rings. The lowest BCUT2D eigenvalue weighted by molar-refractivity contribution is 0.0746. The van der Waals surface area contributed by atoms with Crippen LogP contribution in [0.25, 0.3) is 11.5 Å². The molecule has 8 heteroatoms. The Kier molecular flexibility index (Phi) is 6.16. The molecule has 0 radical (unpaired) electrons. The van der Waals surface area contributed by atoms with E-state index in [1.807, 2.05) is 62.1 Å². The Balaban J connectivity index is 1.45. The van der Waals surface area contributed by atoms with Crippen LogP contribution in [0.15, 0.2) is 47.0 Å². The summed E-state index contributed by atoms with van der Waals surface area (Å²) in [4.78, 5) is 21.5. The van der Waals surface area contributed by atoms with Crippen LogP contribution in [0.3, 0.4) is 0 Å². The van der Waals surface area contributed by atoms with Crippen LogP contribution < -0.4 is 9.64 Å². The summed E-state index contributed by atoms with van der Waals surface area (Å²) >= 11 is 0. The smallest absolute Gasteiger partial charge is 0.253 e. The average molecular weight is 422 g/mol. The SMILES string of the molecule is CCOc1ccc(C(=O)N2CCN(c3ncccc3-c3nnc(C(C)C)o3)CC2)cc1. The minimum atomic E-state index is 0.0300. The third-order valence-corrected chi connectivity index (χ3v) is 5.23. The second kappa shape index (κ2) is 9.16. The molecule has 3 heterocycles. The van der Waals surface area contributed by atoms with Gasteiger partial charge >= 0.3 is 0 Å². The first-order chi connectivity index (χ1) is 15.1. The topological polar surface area (TPSA) is 84.6 Å². The molecule has 4 rings (SSSR count). The summed E-state index contributed by atoms with van der Waals surface area (Å²) in [5.74, 6) is 2.85. The van der Waals surface area contributed by atoms with Crippen molar-refractivity contribution in [1.82, 2.24) is 20.1 Å². The van der Waals surface area contributed by atoms with Crippen LogP contribution in [-0.4, -0.2) is 58.8 Å². The highest BCUT2D eigenvalue weighted by molar-refractivity contribution is 5.94. The lowest BCUT2D eigenvalue weighted by Gasteiger charge is -2.36. The number of anilines is 1. The summed E-state index contributed by atoms with van der Waals surface area (Å²) in [7, 11) is 0. The molecule has 3 aromatic rings. The number of nitrogens with zero attached hydrogens (tertiary/aromatic N) is 5. The van der Waals surface area contributed by atoms with Gasteiger partial charge in [-0.1, -0.05) is 13.8 Å². The molecule has 0 saturated carbocycles. The highest BCUT2D eigenvalue weighted by atomic mass is 16.5. The molecule has 0 aliphatic carbocycles. The first-order valence-electron chi connectivity index (χ1n) is 10.6. The minimum absolute atomic E-state index is 0.0300. The van der Waals surface area contributed by atoms with E-state index in [1.54, 1.807) is 6.20 Å². The zero-order chi connectivity index (χ0) is 21.8. The second-order valence-corrected chi connectivity index (χ2v) is 7.71. The zero-order valence-corrected chi connectivity index (χ0v) is 18.1. The van der Waals surface area contributed by atoms with E-state index in [4.69, 9.17) is 9.15 Å². The number of ether oxygens (including phenoxy) is 1. The summed E-state index contributed by atoms with van der Waals surface area (Å²) in [5, 5.41) is 8.35. The van der Waals surface area contributed by atoms with Gasteiger partial charge in [0.05, 0.1) is 12.2 Å². The monoisotopic (exact) mass is 421 g/mol. The molecule has 0 atom stereocenters. The summed E-state index contributed by atoms with van der Waals surface area (Å²) in [6.07, 6.45) is 1.76. The van der Waals surface area contributed by atoms with Crippen LogP contribution in [0.5, 0.6) is 5.75 Å². The van der Waals surface area contributed by atoms with Gasteiger partial charge in [-0.05, 0) is 43.3 Å². The molecule has 162 valence electrons. The molecule has 1 aromatic carbocycles. The number of benzene rings is 1. The van der Waals surface area contributed by atoms with Crippen LogP contribution in [-0.2, 0) is 0 Å². The number of pyridine rings is 1. The quantitative estimate of drug-likeness (QED) is 0.601.